The maximum atomic E-state index is 4.63. The van der Waals surface area contributed by atoms with Gasteiger partial charge in [0.1, 0.15) is 0 Å². The van der Waals surface area contributed by atoms with Crippen molar-refractivity contribution in [1.82, 2.24) is 20.1 Å². The third-order valence-electron chi connectivity index (χ3n) is 4.20. The van der Waals surface area contributed by atoms with Crippen LogP contribution in [-0.2, 0) is 13.1 Å². The number of nitrogens with zero attached hydrogens (tertiary/aromatic N) is 3. The van der Waals surface area contributed by atoms with Crippen molar-refractivity contribution in [3.05, 3.63) is 29.6 Å². The number of piperidine rings is 1. The maximum absolute atomic E-state index is 4.63. The van der Waals surface area contributed by atoms with E-state index in [4.69, 9.17) is 0 Å². The van der Waals surface area contributed by atoms with Gasteiger partial charge in [-0.1, -0.05) is 19.9 Å². The Hall–Kier alpha value is -0.970. The zero-order chi connectivity index (χ0) is 15.2. The lowest BCUT2D eigenvalue weighted by molar-refractivity contribution is 0.127. The van der Waals surface area contributed by atoms with Crippen LogP contribution in [-0.4, -0.2) is 54.1 Å². The van der Waals surface area contributed by atoms with Gasteiger partial charge in [-0.05, 0) is 45.1 Å². The van der Waals surface area contributed by atoms with Crippen LogP contribution < -0.4 is 5.32 Å². The second-order valence-corrected chi connectivity index (χ2v) is 6.69. The largest absolute Gasteiger partial charge is 0.310 e. The molecule has 1 aliphatic heterocycles. The summed E-state index contributed by atoms with van der Waals surface area (Å²) in [4.78, 5) is 9.50. The van der Waals surface area contributed by atoms with Gasteiger partial charge in [-0.25, -0.2) is 0 Å². The van der Waals surface area contributed by atoms with E-state index >= 15 is 0 Å². The molecule has 2 heterocycles. The number of likely N-dealkylation sites (N-methyl/N-ethyl adjacent to an activating group) is 1. The van der Waals surface area contributed by atoms with Crippen LogP contribution in [0.4, 0.5) is 0 Å². The molecule has 1 atom stereocenters. The molecule has 4 nitrogen and oxygen atoms in total. The summed E-state index contributed by atoms with van der Waals surface area (Å²) in [7, 11) is 4.37. The van der Waals surface area contributed by atoms with E-state index in [2.05, 4.69) is 60.2 Å². The van der Waals surface area contributed by atoms with Crippen LogP contribution in [0.5, 0.6) is 0 Å². The van der Waals surface area contributed by atoms with Crippen molar-refractivity contribution < 1.29 is 0 Å². The highest BCUT2D eigenvalue weighted by molar-refractivity contribution is 5.14. The zero-order valence-corrected chi connectivity index (χ0v) is 14.0. The van der Waals surface area contributed by atoms with Crippen molar-refractivity contribution in [3.63, 3.8) is 0 Å². The lowest BCUT2D eigenvalue weighted by atomic mass is 10.0. The number of aromatic nitrogens is 1. The van der Waals surface area contributed by atoms with E-state index in [9.17, 15) is 0 Å². The first-order chi connectivity index (χ1) is 10.0. The van der Waals surface area contributed by atoms with Crippen LogP contribution in [0, 0.1) is 0 Å². The predicted molar refractivity (Wildman–Crippen MR) is 88.2 cm³/mol. The Morgan fingerprint density at radius 1 is 1.38 bits per heavy atom. The van der Waals surface area contributed by atoms with Crippen LogP contribution in [0.1, 0.15) is 37.9 Å². The van der Waals surface area contributed by atoms with Gasteiger partial charge in [0.05, 0.1) is 5.69 Å². The van der Waals surface area contributed by atoms with Crippen molar-refractivity contribution >= 4 is 0 Å². The second-order valence-electron chi connectivity index (χ2n) is 6.69. The van der Waals surface area contributed by atoms with Gasteiger partial charge in [0.25, 0.3) is 0 Å². The molecule has 0 aromatic carbocycles. The Labute approximate surface area is 129 Å². The van der Waals surface area contributed by atoms with Gasteiger partial charge in [0.15, 0.2) is 0 Å². The van der Waals surface area contributed by atoms with Gasteiger partial charge in [-0.2, -0.15) is 0 Å². The molecule has 1 aromatic heterocycles. The Morgan fingerprint density at radius 3 is 2.81 bits per heavy atom. The summed E-state index contributed by atoms with van der Waals surface area (Å²) in [5, 5.41) is 3.42. The minimum absolute atomic E-state index is 0.515. The quantitative estimate of drug-likeness (QED) is 0.869. The third kappa shape index (κ3) is 5.38. The second kappa shape index (κ2) is 7.87. The first-order valence-electron chi connectivity index (χ1n) is 8.10. The van der Waals surface area contributed by atoms with E-state index in [0.29, 0.717) is 12.1 Å². The highest BCUT2D eigenvalue weighted by Crippen LogP contribution is 2.15. The fourth-order valence-corrected chi connectivity index (χ4v) is 2.80. The molecule has 0 radical (unpaired) electrons. The standard InChI is InChI=1S/C17H30N4/c1-14(2)18-10-15-7-8-16(19-11-15)12-21-9-5-6-17(13-21)20(3)4/h7-8,11,14,17-18H,5-6,9-10,12-13H2,1-4H3. The molecule has 1 unspecified atom stereocenters. The Bertz CT molecular complexity index is 413. The minimum atomic E-state index is 0.515. The zero-order valence-electron chi connectivity index (χ0n) is 14.0. The molecule has 0 saturated carbocycles. The van der Waals surface area contributed by atoms with Gasteiger partial charge in [-0.3, -0.25) is 9.88 Å². The van der Waals surface area contributed by atoms with Gasteiger partial charge in [-0.15, -0.1) is 0 Å². The Balaban J connectivity index is 1.85. The molecule has 1 saturated heterocycles. The number of hydrogen-bond acceptors (Lipinski definition) is 4. The summed E-state index contributed by atoms with van der Waals surface area (Å²) in [5.74, 6) is 0. The topological polar surface area (TPSA) is 31.4 Å². The molecule has 4 heteroatoms. The number of pyridine rings is 1. The van der Waals surface area contributed by atoms with E-state index in [-0.39, 0.29) is 0 Å². The van der Waals surface area contributed by atoms with E-state index in [1.807, 2.05) is 6.20 Å². The SMILES string of the molecule is CC(C)NCc1ccc(CN2CCCC(N(C)C)C2)nc1. The molecule has 1 N–H and O–H groups in total. The molecular formula is C17H30N4. The van der Waals surface area contributed by atoms with Gasteiger partial charge >= 0.3 is 0 Å². The van der Waals surface area contributed by atoms with Gasteiger partial charge in [0, 0.05) is 37.9 Å². The number of likely N-dealkylation sites (tertiary alicyclic amines) is 1. The van der Waals surface area contributed by atoms with E-state index < -0.39 is 0 Å². The van der Waals surface area contributed by atoms with Crippen molar-refractivity contribution in [2.45, 2.75) is 51.9 Å². The van der Waals surface area contributed by atoms with E-state index in [1.54, 1.807) is 0 Å². The van der Waals surface area contributed by atoms with Crippen molar-refractivity contribution in [3.8, 4) is 0 Å². The van der Waals surface area contributed by atoms with Crippen LogP contribution in [0.25, 0.3) is 0 Å². The monoisotopic (exact) mass is 290 g/mol. The lowest BCUT2D eigenvalue weighted by Gasteiger charge is -2.35. The van der Waals surface area contributed by atoms with Crippen LogP contribution >= 0.6 is 0 Å². The van der Waals surface area contributed by atoms with Crippen molar-refractivity contribution in [2.75, 3.05) is 27.2 Å². The fourth-order valence-electron chi connectivity index (χ4n) is 2.80. The molecular weight excluding hydrogens is 260 g/mol. The summed E-state index contributed by atoms with van der Waals surface area (Å²) >= 11 is 0. The summed E-state index contributed by atoms with van der Waals surface area (Å²) < 4.78 is 0. The average Bonchev–Trinajstić information content (AvgIpc) is 2.47. The average molecular weight is 290 g/mol. The third-order valence-corrected chi connectivity index (χ3v) is 4.20. The van der Waals surface area contributed by atoms with E-state index in [0.717, 1.165) is 19.6 Å². The van der Waals surface area contributed by atoms with Crippen LogP contribution in [0.3, 0.4) is 0 Å². The number of rotatable bonds is 6. The van der Waals surface area contributed by atoms with Gasteiger partial charge < -0.3 is 10.2 Å². The molecule has 0 amide bonds. The smallest absolute Gasteiger partial charge is 0.0544 e. The van der Waals surface area contributed by atoms with Crippen LogP contribution in [0.15, 0.2) is 18.3 Å². The normalized spacial score (nSPS) is 20.4. The van der Waals surface area contributed by atoms with Gasteiger partial charge in [0.2, 0.25) is 0 Å². The minimum Gasteiger partial charge on any atom is -0.310 e. The fraction of sp³-hybridized carbons (Fsp3) is 0.706. The molecule has 0 bridgehead atoms. The Kier molecular flexibility index (Phi) is 6.15. The highest BCUT2D eigenvalue weighted by atomic mass is 15.2. The molecule has 1 fully saturated rings. The number of nitrogens with one attached hydrogen (secondary N) is 1. The van der Waals surface area contributed by atoms with Crippen molar-refractivity contribution in [2.24, 2.45) is 0 Å². The molecule has 0 spiro atoms. The van der Waals surface area contributed by atoms with E-state index in [1.165, 1.54) is 30.6 Å². The summed E-state index contributed by atoms with van der Waals surface area (Å²) in [6, 6.07) is 5.58. The summed E-state index contributed by atoms with van der Waals surface area (Å²) in [6.45, 7) is 8.56. The van der Waals surface area contributed by atoms with Crippen molar-refractivity contribution in [1.29, 1.82) is 0 Å². The Morgan fingerprint density at radius 2 is 2.19 bits per heavy atom. The molecule has 0 aliphatic carbocycles. The first kappa shape index (κ1) is 16.4. The first-order valence-corrected chi connectivity index (χ1v) is 8.10. The molecule has 21 heavy (non-hydrogen) atoms. The predicted octanol–water partition coefficient (Wildman–Crippen LogP) is 2.11. The number of hydrogen-bond donors (Lipinski definition) is 1. The molecule has 1 aliphatic rings. The summed E-state index contributed by atoms with van der Waals surface area (Å²) in [6.07, 6.45) is 4.62. The molecule has 1 aromatic rings. The molecule has 118 valence electrons. The lowest BCUT2D eigenvalue weighted by Crippen LogP contribution is -2.44. The molecule has 2 rings (SSSR count). The summed E-state index contributed by atoms with van der Waals surface area (Å²) in [5.41, 5.74) is 2.44. The highest BCUT2D eigenvalue weighted by Gasteiger charge is 2.21. The van der Waals surface area contributed by atoms with Crippen LogP contribution in [0.2, 0.25) is 0 Å². The maximum Gasteiger partial charge on any atom is 0.0544 e.